The number of ether oxygens (including phenoxy) is 1. The van der Waals surface area contributed by atoms with Gasteiger partial charge in [0.05, 0.1) is 12.2 Å². The lowest BCUT2D eigenvalue weighted by Crippen LogP contribution is -2.33. The van der Waals surface area contributed by atoms with Gasteiger partial charge in [-0.2, -0.15) is 0 Å². The Morgan fingerprint density at radius 1 is 1.40 bits per heavy atom. The molecule has 0 bridgehead atoms. The zero-order valence-electron chi connectivity index (χ0n) is 11.1. The minimum absolute atomic E-state index is 0.0430. The molecule has 0 aliphatic carbocycles. The molecule has 0 atom stereocenters. The topological polar surface area (TPSA) is 49.8 Å². The second-order valence-corrected chi connectivity index (χ2v) is 4.41. The van der Waals surface area contributed by atoms with Crippen molar-refractivity contribution in [2.45, 2.75) is 6.42 Å². The summed E-state index contributed by atoms with van der Waals surface area (Å²) in [4.78, 5) is 13.9. The fourth-order valence-electron chi connectivity index (χ4n) is 2.03. The molecule has 1 amide bonds. The van der Waals surface area contributed by atoms with E-state index in [0.717, 1.165) is 6.42 Å². The summed E-state index contributed by atoms with van der Waals surface area (Å²) < 4.78 is 19.3. The van der Waals surface area contributed by atoms with Crippen molar-refractivity contribution in [2.75, 3.05) is 32.9 Å². The summed E-state index contributed by atoms with van der Waals surface area (Å²) in [5, 5.41) is 8.60. The number of halogens is 1. The summed E-state index contributed by atoms with van der Waals surface area (Å²) in [6.07, 6.45) is 0.757. The molecule has 0 saturated carbocycles. The van der Waals surface area contributed by atoms with Gasteiger partial charge < -0.3 is 14.7 Å². The van der Waals surface area contributed by atoms with Crippen LogP contribution in [0.5, 0.6) is 0 Å². The third-order valence-electron chi connectivity index (χ3n) is 3.02. The number of carbonyl (C=O) groups excluding carboxylic acids is 1. The lowest BCUT2D eigenvalue weighted by Gasteiger charge is -2.19. The van der Waals surface area contributed by atoms with Gasteiger partial charge in [-0.15, -0.1) is 0 Å². The minimum Gasteiger partial charge on any atom is -0.384 e. The van der Waals surface area contributed by atoms with Gasteiger partial charge in [0.2, 0.25) is 0 Å². The van der Waals surface area contributed by atoms with Crippen LogP contribution in [0.4, 0.5) is 4.39 Å². The molecule has 106 valence electrons. The Kier molecular flexibility index (Phi) is 5.10. The van der Waals surface area contributed by atoms with E-state index < -0.39 is 5.82 Å². The lowest BCUT2D eigenvalue weighted by atomic mass is 10.1. The molecule has 0 radical (unpaired) electrons. The Balaban J connectivity index is 2.17. The second kappa shape index (κ2) is 7.04. The molecule has 1 aliphatic rings. The molecule has 4 nitrogen and oxygen atoms in total. The Labute approximate surface area is 117 Å². The predicted octanol–water partition coefficient (Wildman–Crippen LogP) is 1.03. The SMILES string of the molecule is O=C(c1ccc(C#CCO)cc1F)N1CCCOCC1. The van der Waals surface area contributed by atoms with Gasteiger partial charge >= 0.3 is 0 Å². The first-order chi connectivity index (χ1) is 9.72. The van der Waals surface area contributed by atoms with E-state index in [1.807, 2.05) is 0 Å². The highest BCUT2D eigenvalue weighted by molar-refractivity contribution is 5.94. The molecule has 0 spiro atoms. The summed E-state index contributed by atoms with van der Waals surface area (Å²) in [6, 6.07) is 4.22. The zero-order valence-corrected chi connectivity index (χ0v) is 11.1. The van der Waals surface area contributed by atoms with Crippen LogP contribution in [-0.2, 0) is 4.74 Å². The van der Waals surface area contributed by atoms with Gasteiger partial charge in [0.1, 0.15) is 12.4 Å². The number of amides is 1. The van der Waals surface area contributed by atoms with Gasteiger partial charge in [-0.3, -0.25) is 4.79 Å². The largest absolute Gasteiger partial charge is 0.384 e. The van der Waals surface area contributed by atoms with Crippen LogP contribution in [0, 0.1) is 17.7 Å². The number of hydrogen-bond acceptors (Lipinski definition) is 3. The second-order valence-electron chi connectivity index (χ2n) is 4.41. The number of carbonyl (C=O) groups is 1. The monoisotopic (exact) mass is 277 g/mol. The van der Waals surface area contributed by atoms with Crippen LogP contribution in [-0.4, -0.2) is 48.8 Å². The average molecular weight is 277 g/mol. The Morgan fingerprint density at radius 3 is 3.00 bits per heavy atom. The van der Waals surface area contributed by atoms with Crippen molar-refractivity contribution < 1.29 is 19.0 Å². The maximum atomic E-state index is 14.0. The molecule has 1 fully saturated rings. The third kappa shape index (κ3) is 3.56. The molecular formula is C15H16FNO3. The zero-order chi connectivity index (χ0) is 14.4. The van der Waals surface area contributed by atoms with Gasteiger partial charge in [0.15, 0.2) is 0 Å². The van der Waals surface area contributed by atoms with Crippen LogP contribution >= 0.6 is 0 Å². The molecule has 1 N–H and O–H groups in total. The molecule has 1 aromatic rings. The van der Waals surface area contributed by atoms with E-state index >= 15 is 0 Å². The summed E-state index contributed by atoms with van der Waals surface area (Å²) in [5.41, 5.74) is 0.480. The van der Waals surface area contributed by atoms with Gasteiger partial charge in [-0.25, -0.2) is 4.39 Å². The molecule has 0 unspecified atom stereocenters. The number of aliphatic hydroxyl groups is 1. The summed E-state index contributed by atoms with van der Waals surface area (Å²) in [5.74, 6) is 4.13. The van der Waals surface area contributed by atoms with Crippen LogP contribution in [0.25, 0.3) is 0 Å². The van der Waals surface area contributed by atoms with Gasteiger partial charge in [-0.05, 0) is 24.6 Å². The van der Waals surface area contributed by atoms with Crippen molar-refractivity contribution in [1.82, 2.24) is 4.90 Å². The first kappa shape index (κ1) is 14.5. The van der Waals surface area contributed by atoms with E-state index in [-0.39, 0.29) is 18.1 Å². The third-order valence-corrected chi connectivity index (χ3v) is 3.02. The molecule has 20 heavy (non-hydrogen) atoms. The molecule has 0 aromatic heterocycles. The highest BCUT2D eigenvalue weighted by Crippen LogP contribution is 2.14. The van der Waals surface area contributed by atoms with Crippen LogP contribution in [0.15, 0.2) is 18.2 Å². The predicted molar refractivity (Wildman–Crippen MR) is 71.7 cm³/mol. The van der Waals surface area contributed by atoms with Crippen molar-refractivity contribution in [3.63, 3.8) is 0 Å². The fraction of sp³-hybridized carbons (Fsp3) is 0.400. The minimum atomic E-state index is -0.593. The normalized spacial score (nSPS) is 15.2. The quantitative estimate of drug-likeness (QED) is 0.780. The molecule has 1 aromatic carbocycles. The van der Waals surface area contributed by atoms with E-state index in [1.54, 1.807) is 11.0 Å². The van der Waals surface area contributed by atoms with E-state index in [0.29, 0.717) is 31.9 Å². The average Bonchev–Trinajstić information content (AvgIpc) is 2.73. The first-order valence-electron chi connectivity index (χ1n) is 6.48. The molecule has 1 heterocycles. The Hall–Kier alpha value is -1.90. The lowest BCUT2D eigenvalue weighted by molar-refractivity contribution is 0.0736. The molecule has 1 saturated heterocycles. The van der Waals surface area contributed by atoms with Crippen molar-refractivity contribution in [3.05, 3.63) is 35.1 Å². The van der Waals surface area contributed by atoms with Crippen LogP contribution in [0.3, 0.4) is 0 Å². The number of hydrogen-bond donors (Lipinski definition) is 1. The van der Waals surface area contributed by atoms with E-state index in [1.165, 1.54) is 12.1 Å². The van der Waals surface area contributed by atoms with E-state index in [9.17, 15) is 9.18 Å². The highest BCUT2D eigenvalue weighted by atomic mass is 19.1. The smallest absolute Gasteiger partial charge is 0.256 e. The first-order valence-corrected chi connectivity index (χ1v) is 6.48. The van der Waals surface area contributed by atoms with Gasteiger partial charge in [0.25, 0.3) is 5.91 Å². The van der Waals surface area contributed by atoms with Crippen molar-refractivity contribution in [2.24, 2.45) is 0 Å². The Morgan fingerprint density at radius 2 is 2.25 bits per heavy atom. The summed E-state index contributed by atoms with van der Waals surface area (Å²) in [6.45, 7) is 1.88. The molecule has 5 heteroatoms. The standard InChI is InChI=1S/C15H16FNO3/c16-14-11-12(3-1-8-18)4-5-13(14)15(19)17-6-2-9-20-10-7-17/h4-5,11,18H,2,6-10H2. The molecule has 1 aliphatic heterocycles. The fourth-order valence-corrected chi connectivity index (χ4v) is 2.03. The van der Waals surface area contributed by atoms with Crippen LogP contribution < -0.4 is 0 Å². The molecule has 2 rings (SSSR count). The van der Waals surface area contributed by atoms with Crippen LogP contribution in [0.1, 0.15) is 22.3 Å². The number of aliphatic hydroxyl groups excluding tert-OH is 1. The van der Waals surface area contributed by atoms with Gasteiger partial charge in [0, 0.05) is 25.3 Å². The number of rotatable bonds is 1. The maximum absolute atomic E-state index is 14.0. The Bertz CT molecular complexity index is 540. The summed E-state index contributed by atoms with van der Waals surface area (Å²) in [7, 11) is 0. The van der Waals surface area contributed by atoms with Crippen molar-refractivity contribution >= 4 is 5.91 Å². The van der Waals surface area contributed by atoms with E-state index in [2.05, 4.69) is 11.8 Å². The van der Waals surface area contributed by atoms with Crippen LogP contribution in [0.2, 0.25) is 0 Å². The highest BCUT2D eigenvalue weighted by Gasteiger charge is 2.20. The van der Waals surface area contributed by atoms with Gasteiger partial charge in [-0.1, -0.05) is 11.8 Å². The summed E-state index contributed by atoms with van der Waals surface area (Å²) >= 11 is 0. The maximum Gasteiger partial charge on any atom is 0.256 e. The van der Waals surface area contributed by atoms with Crippen molar-refractivity contribution in [3.8, 4) is 11.8 Å². The number of nitrogens with zero attached hydrogens (tertiary/aromatic N) is 1. The van der Waals surface area contributed by atoms with E-state index in [4.69, 9.17) is 9.84 Å². The number of benzene rings is 1. The molecular weight excluding hydrogens is 261 g/mol. The van der Waals surface area contributed by atoms with Crippen molar-refractivity contribution in [1.29, 1.82) is 0 Å².